The summed E-state index contributed by atoms with van der Waals surface area (Å²) >= 11 is 0. The Labute approximate surface area is 204 Å². The van der Waals surface area contributed by atoms with Crippen molar-refractivity contribution >= 4 is 16.8 Å². The Kier molecular flexibility index (Phi) is 7.00. The van der Waals surface area contributed by atoms with E-state index in [1.807, 2.05) is 75.4 Å². The first kappa shape index (κ1) is 24.2. The molecule has 0 fully saturated rings. The normalized spacial score (nSPS) is 12.2. The van der Waals surface area contributed by atoms with Crippen LogP contribution >= 0.6 is 0 Å². The number of hydrogen-bond donors (Lipinski definition) is 0. The number of carbonyl (C=O) groups is 1. The largest absolute Gasteiger partial charge is 0.497 e. The summed E-state index contributed by atoms with van der Waals surface area (Å²) in [5.41, 5.74) is 1.97. The fourth-order valence-corrected chi connectivity index (χ4v) is 4.23. The van der Waals surface area contributed by atoms with E-state index in [9.17, 15) is 9.59 Å². The number of nitrogens with zero attached hydrogens (tertiary/aromatic N) is 4. The van der Waals surface area contributed by atoms with Gasteiger partial charge in [0.05, 0.1) is 12.5 Å². The second-order valence-corrected chi connectivity index (χ2v) is 8.76. The summed E-state index contributed by atoms with van der Waals surface area (Å²) in [6, 6.07) is 16.3. The number of fused-ring (bicyclic) bond motifs is 1. The van der Waals surface area contributed by atoms with Crippen molar-refractivity contribution in [1.29, 1.82) is 0 Å². The summed E-state index contributed by atoms with van der Waals surface area (Å²) in [6.45, 7) is 8.00. The number of aromatic nitrogens is 3. The van der Waals surface area contributed by atoms with Gasteiger partial charge in [-0.05, 0) is 44.9 Å². The third-order valence-corrected chi connectivity index (χ3v) is 6.13. The standard InChI is InChI=1S/C27H30N4O4/c1-6-22(26(32)30(17(2)3)16-19-11-8-7-9-12-19)31-27(33)25-23(18(4)35-29-25)24(28-31)20-13-10-14-21(15-20)34-5/h7-15,17,22H,6,16H2,1-5H3/t22-/m1/s1. The summed E-state index contributed by atoms with van der Waals surface area (Å²) in [6.07, 6.45) is 0.393. The van der Waals surface area contributed by atoms with Crippen LogP contribution in [-0.4, -0.2) is 38.9 Å². The van der Waals surface area contributed by atoms with E-state index in [0.717, 1.165) is 11.1 Å². The SMILES string of the molecule is CC[C@H](C(=O)N(Cc1ccccc1)C(C)C)n1nc(-c2cccc(OC)c2)c2c(C)onc2c1=O. The molecule has 8 heteroatoms. The van der Waals surface area contributed by atoms with Gasteiger partial charge in [-0.25, -0.2) is 4.68 Å². The monoisotopic (exact) mass is 474 g/mol. The predicted octanol–water partition coefficient (Wildman–Crippen LogP) is 4.76. The lowest BCUT2D eigenvalue weighted by atomic mass is 10.1. The molecule has 35 heavy (non-hydrogen) atoms. The molecule has 1 atom stereocenters. The van der Waals surface area contributed by atoms with Crippen molar-refractivity contribution in [3.8, 4) is 17.0 Å². The molecule has 4 aromatic rings. The molecule has 182 valence electrons. The Bertz CT molecular complexity index is 1390. The number of carbonyl (C=O) groups excluding carboxylic acids is 1. The Morgan fingerprint density at radius 3 is 2.54 bits per heavy atom. The molecular weight excluding hydrogens is 444 g/mol. The van der Waals surface area contributed by atoms with Crippen LogP contribution < -0.4 is 10.3 Å². The highest BCUT2D eigenvalue weighted by molar-refractivity contribution is 5.93. The van der Waals surface area contributed by atoms with E-state index in [4.69, 9.17) is 14.4 Å². The topological polar surface area (TPSA) is 90.5 Å². The highest BCUT2D eigenvalue weighted by Gasteiger charge is 2.30. The minimum atomic E-state index is -0.792. The molecule has 0 aliphatic heterocycles. The maximum Gasteiger partial charge on any atom is 0.297 e. The van der Waals surface area contributed by atoms with E-state index < -0.39 is 11.6 Å². The van der Waals surface area contributed by atoms with Crippen LogP contribution in [0.3, 0.4) is 0 Å². The molecule has 0 unspecified atom stereocenters. The molecular formula is C27H30N4O4. The average Bonchev–Trinajstić information content (AvgIpc) is 3.26. The zero-order valence-electron chi connectivity index (χ0n) is 20.7. The number of benzene rings is 2. The lowest BCUT2D eigenvalue weighted by Crippen LogP contribution is -2.44. The molecule has 8 nitrogen and oxygen atoms in total. The zero-order chi connectivity index (χ0) is 25.1. The van der Waals surface area contributed by atoms with Gasteiger partial charge in [0.2, 0.25) is 5.91 Å². The smallest absolute Gasteiger partial charge is 0.297 e. The van der Waals surface area contributed by atoms with Crippen LogP contribution in [-0.2, 0) is 11.3 Å². The van der Waals surface area contributed by atoms with E-state index >= 15 is 0 Å². The Morgan fingerprint density at radius 1 is 1.14 bits per heavy atom. The van der Waals surface area contributed by atoms with Crippen LogP contribution in [0.25, 0.3) is 22.2 Å². The van der Waals surface area contributed by atoms with Crippen LogP contribution in [0.5, 0.6) is 5.75 Å². The van der Waals surface area contributed by atoms with E-state index in [0.29, 0.717) is 35.6 Å². The molecule has 0 aliphatic carbocycles. The summed E-state index contributed by atoms with van der Waals surface area (Å²) in [5.74, 6) is 0.972. The Hall–Kier alpha value is -3.94. The average molecular weight is 475 g/mol. The Morgan fingerprint density at radius 2 is 1.89 bits per heavy atom. The van der Waals surface area contributed by atoms with E-state index in [1.54, 1.807) is 18.9 Å². The minimum absolute atomic E-state index is 0.0664. The number of aryl methyl sites for hydroxylation is 1. The minimum Gasteiger partial charge on any atom is -0.497 e. The van der Waals surface area contributed by atoms with Gasteiger partial charge in [0, 0.05) is 18.2 Å². The van der Waals surface area contributed by atoms with Crippen LogP contribution in [0.15, 0.2) is 63.9 Å². The fraction of sp³-hybridized carbons (Fsp3) is 0.333. The first-order valence-corrected chi connectivity index (χ1v) is 11.7. The van der Waals surface area contributed by atoms with Crippen molar-refractivity contribution in [2.24, 2.45) is 0 Å². The molecule has 0 saturated carbocycles. The van der Waals surface area contributed by atoms with Crippen LogP contribution in [0.4, 0.5) is 0 Å². The van der Waals surface area contributed by atoms with Crippen molar-refractivity contribution in [2.75, 3.05) is 7.11 Å². The van der Waals surface area contributed by atoms with Crippen LogP contribution in [0.2, 0.25) is 0 Å². The number of amides is 1. The summed E-state index contributed by atoms with van der Waals surface area (Å²) in [4.78, 5) is 29.1. The predicted molar refractivity (Wildman–Crippen MR) is 134 cm³/mol. The second-order valence-electron chi connectivity index (χ2n) is 8.76. The summed E-state index contributed by atoms with van der Waals surface area (Å²) < 4.78 is 12.0. The maximum atomic E-state index is 13.8. The number of rotatable bonds is 8. The van der Waals surface area contributed by atoms with E-state index in [-0.39, 0.29) is 17.5 Å². The van der Waals surface area contributed by atoms with Gasteiger partial charge in [-0.3, -0.25) is 9.59 Å². The van der Waals surface area contributed by atoms with Crippen LogP contribution in [0.1, 0.15) is 44.6 Å². The van der Waals surface area contributed by atoms with Gasteiger partial charge in [0.25, 0.3) is 5.56 Å². The van der Waals surface area contributed by atoms with Gasteiger partial charge in [0.15, 0.2) is 5.52 Å². The van der Waals surface area contributed by atoms with Crippen molar-refractivity contribution in [2.45, 2.75) is 52.7 Å². The number of hydrogen-bond acceptors (Lipinski definition) is 6. The molecule has 0 spiro atoms. The van der Waals surface area contributed by atoms with Crippen molar-refractivity contribution < 1.29 is 14.1 Å². The maximum absolute atomic E-state index is 13.8. The molecule has 1 amide bonds. The number of ether oxygens (including phenoxy) is 1. The van der Waals surface area contributed by atoms with Gasteiger partial charge in [-0.1, -0.05) is 54.5 Å². The highest BCUT2D eigenvalue weighted by atomic mass is 16.5. The van der Waals surface area contributed by atoms with Crippen LogP contribution in [0, 0.1) is 6.92 Å². The van der Waals surface area contributed by atoms with Gasteiger partial charge < -0.3 is 14.2 Å². The molecule has 4 rings (SSSR count). The molecule has 0 saturated heterocycles. The van der Waals surface area contributed by atoms with Crippen molar-refractivity contribution in [1.82, 2.24) is 19.8 Å². The van der Waals surface area contributed by atoms with E-state index in [1.165, 1.54) is 4.68 Å². The molecule has 0 bridgehead atoms. The second kappa shape index (κ2) is 10.1. The fourth-order valence-electron chi connectivity index (χ4n) is 4.23. The van der Waals surface area contributed by atoms with Gasteiger partial charge >= 0.3 is 0 Å². The molecule has 0 aliphatic rings. The molecule has 0 N–H and O–H groups in total. The highest BCUT2D eigenvalue weighted by Crippen LogP contribution is 2.30. The zero-order valence-corrected chi connectivity index (χ0v) is 20.7. The quantitative estimate of drug-likeness (QED) is 0.366. The lowest BCUT2D eigenvalue weighted by Gasteiger charge is -2.31. The van der Waals surface area contributed by atoms with E-state index in [2.05, 4.69) is 5.16 Å². The molecule has 2 aromatic carbocycles. The lowest BCUT2D eigenvalue weighted by molar-refractivity contribution is -0.137. The number of methoxy groups -OCH3 is 1. The third-order valence-electron chi connectivity index (χ3n) is 6.13. The molecule has 0 radical (unpaired) electrons. The van der Waals surface area contributed by atoms with Crippen molar-refractivity contribution in [3.05, 3.63) is 76.3 Å². The molecule has 2 heterocycles. The first-order chi connectivity index (χ1) is 16.8. The van der Waals surface area contributed by atoms with Gasteiger partial charge in [-0.2, -0.15) is 5.10 Å². The first-order valence-electron chi connectivity index (χ1n) is 11.7. The van der Waals surface area contributed by atoms with Crippen molar-refractivity contribution in [3.63, 3.8) is 0 Å². The Balaban J connectivity index is 1.84. The molecule has 2 aromatic heterocycles. The van der Waals surface area contributed by atoms with Gasteiger partial charge in [0.1, 0.15) is 23.2 Å². The van der Waals surface area contributed by atoms with Gasteiger partial charge in [-0.15, -0.1) is 0 Å². The summed E-state index contributed by atoms with van der Waals surface area (Å²) in [7, 11) is 1.59. The summed E-state index contributed by atoms with van der Waals surface area (Å²) in [5, 5.41) is 9.28. The third kappa shape index (κ3) is 4.69.